The average molecular weight is 546 g/mol. The summed E-state index contributed by atoms with van der Waals surface area (Å²) in [6.07, 6.45) is -0.452. The fourth-order valence-corrected chi connectivity index (χ4v) is 4.43. The molecule has 0 unspecified atom stereocenters. The van der Waals surface area contributed by atoms with Gasteiger partial charge >= 0.3 is 12.1 Å². The van der Waals surface area contributed by atoms with Gasteiger partial charge < -0.3 is 35.6 Å². The van der Waals surface area contributed by atoms with Crippen molar-refractivity contribution in [2.75, 3.05) is 42.7 Å². The zero-order valence-electron chi connectivity index (χ0n) is 22.8. The molecule has 5 amide bonds. The third kappa shape index (κ3) is 7.09. The van der Waals surface area contributed by atoms with Gasteiger partial charge in [-0.05, 0) is 49.4 Å². The number of nitrogens with zero attached hydrogens (tertiary/aromatic N) is 2. The molecule has 40 heavy (non-hydrogen) atoms. The summed E-state index contributed by atoms with van der Waals surface area (Å²) in [5.41, 5.74) is 1.98. The smallest absolute Gasteiger partial charge is 0.323 e. The van der Waals surface area contributed by atoms with Gasteiger partial charge in [0, 0.05) is 36.6 Å². The van der Waals surface area contributed by atoms with Crippen LogP contribution in [0.1, 0.15) is 24.2 Å². The van der Waals surface area contributed by atoms with E-state index in [0.717, 1.165) is 0 Å². The van der Waals surface area contributed by atoms with Gasteiger partial charge in [-0.1, -0.05) is 43.3 Å². The van der Waals surface area contributed by atoms with Crippen molar-refractivity contribution in [2.24, 2.45) is 5.92 Å². The van der Waals surface area contributed by atoms with Crippen molar-refractivity contribution in [2.45, 2.75) is 26.0 Å². The van der Waals surface area contributed by atoms with Crippen LogP contribution < -0.4 is 20.7 Å². The van der Waals surface area contributed by atoms with E-state index in [1.807, 2.05) is 55.5 Å². The van der Waals surface area contributed by atoms with Crippen molar-refractivity contribution in [3.8, 4) is 5.75 Å². The van der Waals surface area contributed by atoms with Gasteiger partial charge in [0.05, 0.1) is 24.8 Å². The minimum Gasteiger partial charge on any atom is -0.487 e. The molecule has 3 aromatic carbocycles. The van der Waals surface area contributed by atoms with Gasteiger partial charge in [-0.25, -0.2) is 9.59 Å². The molecule has 210 valence electrons. The Balaban J connectivity index is 1.55. The van der Waals surface area contributed by atoms with E-state index in [1.54, 1.807) is 54.1 Å². The molecule has 4 rings (SSSR count). The molecule has 1 aliphatic rings. The second kappa shape index (κ2) is 13.0. The molecule has 1 heterocycles. The third-order valence-corrected chi connectivity index (χ3v) is 6.78. The quantitative estimate of drug-likeness (QED) is 0.342. The Bertz CT molecular complexity index is 1320. The van der Waals surface area contributed by atoms with Crippen molar-refractivity contribution >= 4 is 35.0 Å². The maximum absolute atomic E-state index is 13.6. The molecule has 0 bridgehead atoms. The number of likely N-dealkylation sites (N-methyl/N-ethyl adjacent to an activating group) is 1. The van der Waals surface area contributed by atoms with E-state index in [4.69, 9.17) is 4.74 Å². The van der Waals surface area contributed by atoms with E-state index >= 15 is 0 Å². The number of ether oxygens (including phenoxy) is 1. The summed E-state index contributed by atoms with van der Waals surface area (Å²) in [5, 5.41) is 18.3. The molecule has 3 atom stereocenters. The standard InChI is InChI=1S/C30H35N5O5/c1-20-17-35(21(2)19-36)28(37)25-16-24(32-29(38)31-22-10-6-4-7-11-22)14-15-26(25)40-27(20)18-34(3)30(39)33-23-12-8-5-9-13-23/h4-16,20-21,27,36H,17-19H2,1-3H3,(H,33,39)(H2,31,32,38)/t20-,21+,27-/m0/s1. The number of carbonyl (C=O) groups excluding carboxylic acids is 3. The summed E-state index contributed by atoms with van der Waals surface area (Å²) in [7, 11) is 1.69. The summed E-state index contributed by atoms with van der Waals surface area (Å²) in [6.45, 7) is 4.08. The second-order valence-corrected chi connectivity index (χ2v) is 9.96. The Morgan fingerprint density at radius 3 is 2.20 bits per heavy atom. The molecule has 0 saturated carbocycles. The molecule has 10 nitrogen and oxygen atoms in total. The summed E-state index contributed by atoms with van der Waals surface area (Å²) < 4.78 is 6.35. The summed E-state index contributed by atoms with van der Waals surface area (Å²) >= 11 is 0. The van der Waals surface area contributed by atoms with Gasteiger partial charge in [0.2, 0.25) is 0 Å². The van der Waals surface area contributed by atoms with Gasteiger partial charge in [0.1, 0.15) is 11.9 Å². The van der Waals surface area contributed by atoms with Gasteiger partial charge in [-0.2, -0.15) is 0 Å². The van der Waals surface area contributed by atoms with Gasteiger partial charge in [0.15, 0.2) is 0 Å². The minimum absolute atomic E-state index is 0.160. The lowest BCUT2D eigenvalue weighted by Gasteiger charge is -2.38. The first-order chi connectivity index (χ1) is 19.2. The van der Waals surface area contributed by atoms with Gasteiger partial charge in [-0.3, -0.25) is 4.79 Å². The van der Waals surface area contributed by atoms with Crippen LogP contribution in [0, 0.1) is 5.92 Å². The summed E-state index contributed by atoms with van der Waals surface area (Å²) in [4.78, 5) is 42.2. The van der Waals surface area contributed by atoms with E-state index in [1.165, 1.54) is 0 Å². The Morgan fingerprint density at radius 2 is 1.57 bits per heavy atom. The first kappa shape index (κ1) is 28.4. The molecule has 0 saturated heterocycles. The van der Waals surface area contributed by atoms with Crippen molar-refractivity contribution < 1.29 is 24.2 Å². The molecule has 0 aliphatic carbocycles. The van der Waals surface area contributed by atoms with Gasteiger partial charge in [0.25, 0.3) is 5.91 Å². The monoisotopic (exact) mass is 545 g/mol. The highest BCUT2D eigenvalue weighted by Crippen LogP contribution is 2.31. The maximum atomic E-state index is 13.6. The third-order valence-electron chi connectivity index (χ3n) is 6.78. The maximum Gasteiger partial charge on any atom is 0.323 e. The molecule has 4 N–H and O–H groups in total. The highest BCUT2D eigenvalue weighted by Gasteiger charge is 2.34. The lowest BCUT2D eigenvalue weighted by Crippen LogP contribution is -2.50. The molecule has 3 aromatic rings. The van der Waals surface area contributed by atoms with Crippen molar-refractivity contribution in [3.05, 3.63) is 84.4 Å². The molecular formula is C30H35N5O5. The van der Waals surface area contributed by atoms with Crippen LogP contribution >= 0.6 is 0 Å². The van der Waals surface area contributed by atoms with Crippen molar-refractivity contribution in [3.63, 3.8) is 0 Å². The van der Waals surface area contributed by atoms with Crippen LogP contribution in [-0.4, -0.2) is 71.8 Å². The Kier molecular flexibility index (Phi) is 9.23. The molecular weight excluding hydrogens is 510 g/mol. The highest BCUT2D eigenvalue weighted by atomic mass is 16.5. The lowest BCUT2D eigenvalue weighted by atomic mass is 9.99. The average Bonchev–Trinajstić information content (AvgIpc) is 2.95. The van der Waals surface area contributed by atoms with E-state index in [2.05, 4.69) is 16.0 Å². The van der Waals surface area contributed by atoms with E-state index < -0.39 is 18.2 Å². The number of fused-ring (bicyclic) bond motifs is 1. The fourth-order valence-electron chi connectivity index (χ4n) is 4.43. The van der Waals surface area contributed by atoms with Crippen LogP contribution in [0.2, 0.25) is 0 Å². The van der Waals surface area contributed by atoms with Crippen LogP contribution in [0.4, 0.5) is 26.7 Å². The number of amides is 5. The zero-order chi connectivity index (χ0) is 28.6. The zero-order valence-corrected chi connectivity index (χ0v) is 22.8. The largest absolute Gasteiger partial charge is 0.487 e. The second-order valence-electron chi connectivity index (χ2n) is 9.96. The highest BCUT2D eigenvalue weighted by molar-refractivity contribution is 6.02. The molecule has 0 aromatic heterocycles. The van der Waals surface area contributed by atoms with Crippen LogP contribution in [0.5, 0.6) is 5.75 Å². The van der Waals surface area contributed by atoms with Crippen molar-refractivity contribution in [1.82, 2.24) is 9.80 Å². The normalized spacial score (nSPS) is 17.4. The number of benzene rings is 3. The predicted molar refractivity (Wildman–Crippen MR) is 155 cm³/mol. The van der Waals surface area contributed by atoms with Crippen LogP contribution in [-0.2, 0) is 0 Å². The Morgan fingerprint density at radius 1 is 0.975 bits per heavy atom. The number of carbonyl (C=O) groups is 3. The number of para-hydroxylation sites is 2. The lowest BCUT2D eigenvalue weighted by molar-refractivity contribution is 0.0371. The molecule has 0 spiro atoms. The molecule has 0 radical (unpaired) electrons. The van der Waals surface area contributed by atoms with E-state index in [9.17, 15) is 19.5 Å². The number of rotatable bonds is 7. The number of aliphatic hydroxyl groups is 1. The first-order valence-corrected chi connectivity index (χ1v) is 13.2. The van der Waals surface area contributed by atoms with Crippen LogP contribution in [0.25, 0.3) is 0 Å². The van der Waals surface area contributed by atoms with Crippen LogP contribution in [0.15, 0.2) is 78.9 Å². The number of hydrogen-bond donors (Lipinski definition) is 4. The minimum atomic E-state index is -0.455. The number of nitrogens with one attached hydrogen (secondary N) is 3. The number of urea groups is 2. The van der Waals surface area contributed by atoms with Crippen molar-refractivity contribution in [1.29, 1.82) is 0 Å². The molecule has 0 fully saturated rings. The SMILES string of the molecule is C[C@H](CO)N1C[C@H](C)[C@H](CN(C)C(=O)Nc2ccccc2)Oc2ccc(NC(=O)Nc3ccccc3)cc2C1=O. The molecule has 10 heteroatoms. The topological polar surface area (TPSA) is 123 Å². The predicted octanol–water partition coefficient (Wildman–Crippen LogP) is 4.71. The summed E-state index contributed by atoms with van der Waals surface area (Å²) in [5.74, 6) is -0.140. The summed E-state index contributed by atoms with van der Waals surface area (Å²) in [6, 6.07) is 21.9. The fraction of sp³-hybridized carbons (Fsp3) is 0.300. The first-order valence-electron chi connectivity index (χ1n) is 13.2. The number of hydrogen-bond acceptors (Lipinski definition) is 5. The van der Waals surface area contributed by atoms with Gasteiger partial charge in [-0.15, -0.1) is 0 Å². The number of aliphatic hydroxyl groups excluding tert-OH is 1. The van der Waals surface area contributed by atoms with Crippen LogP contribution in [0.3, 0.4) is 0 Å². The molecule has 1 aliphatic heterocycles. The van der Waals surface area contributed by atoms with E-state index in [0.29, 0.717) is 29.4 Å². The number of anilines is 3. The van der Waals surface area contributed by atoms with E-state index in [-0.39, 0.29) is 36.6 Å². The Labute approximate surface area is 233 Å². The Hall–Kier alpha value is -4.57.